The Morgan fingerprint density at radius 1 is 1.33 bits per heavy atom. The van der Waals surface area contributed by atoms with Crippen LogP contribution in [0.4, 0.5) is 0 Å². The van der Waals surface area contributed by atoms with Crippen LogP contribution in [-0.2, 0) is 16.6 Å². The van der Waals surface area contributed by atoms with Gasteiger partial charge < -0.3 is 5.11 Å². The van der Waals surface area contributed by atoms with E-state index in [0.717, 1.165) is 31.6 Å². The van der Waals surface area contributed by atoms with Crippen LogP contribution < -0.4 is 0 Å². The summed E-state index contributed by atoms with van der Waals surface area (Å²) in [6.07, 6.45) is 5.13. The predicted octanol–water partition coefficient (Wildman–Crippen LogP) is 1.80. The second kappa shape index (κ2) is 6.46. The first-order valence-corrected chi connectivity index (χ1v) is 8.98. The Morgan fingerprint density at radius 3 is 2.48 bits per heavy atom. The van der Waals surface area contributed by atoms with E-state index in [2.05, 4.69) is 17.1 Å². The summed E-state index contributed by atoms with van der Waals surface area (Å²) >= 11 is 0. The van der Waals surface area contributed by atoms with E-state index in [9.17, 15) is 13.5 Å². The first kappa shape index (κ1) is 16.5. The number of nitrogens with zero attached hydrogens (tertiary/aromatic N) is 2. The number of aromatic amines is 1. The molecule has 0 aliphatic heterocycles. The van der Waals surface area contributed by atoms with Crippen LogP contribution in [0.15, 0.2) is 4.90 Å². The molecular weight excluding hydrogens is 290 g/mol. The molecule has 0 amide bonds. The van der Waals surface area contributed by atoms with Crippen molar-refractivity contribution in [1.82, 2.24) is 14.5 Å². The third-order valence-electron chi connectivity index (χ3n) is 4.66. The summed E-state index contributed by atoms with van der Waals surface area (Å²) in [5.74, 6) is 0.723. The van der Waals surface area contributed by atoms with Crippen LogP contribution in [0.5, 0.6) is 0 Å². The molecule has 2 rings (SSSR count). The normalized spacial score (nSPS) is 23.7. The average Bonchev–Trinajstić information content (AvgIpc) is 2.88. The molecule has 1 aliphatic carbocycles. The molecule has 120 valence electrons. The van der Waals surface area contributed by atoms with Crippen LogP contribution >= 0.6 is 0 Å². The Labute approximate surface area is 126 Å². The molecule has 7 heteroatoms. The zero-order valence-electron chi connectivity index (χ0n) is 13.0. The standard InChI is InChI=1S/C14H25N3O3S/c1-4-11-5-7-12(8-6-11)17(3)21(19,20)14-10(2)15-16-13(14)9-18/h11-12,18H,4-9H2,1-3H3,(H,15,16). The summed E-state index contributed by atoms with van der Waals surface area (Å²) in [7, 11) is -1.97. The second-order valence-electron chi connectivity index (χ2n) is 5.89. The van der Waals surface area contributed by atoms with E-state index >= 15 is 0 Å². The molecule has 0 aromatic carbocycles. The molecule has 1 aliphatic rings. The first-order chi connectivity index (χ1) is 9.91. The van der Waals surface area contributed by atoms with Gasteiger partial charge in [0.2, 0.25) is 10.0 Å². The number of sulfonamides is 1. The van der Waals surface area contributed by atoms with Crippen molar-refractivity contribution in [2.75, 3.05) is 7.05 Å². The highest BCUT2D eigenvalue weighted by atomic mass is 32.2. The minimum absolute atomic E-state index is 0.0404. The van der Waals surface area contributed by atoms with Gasteiger partial charge in [0, 0.05) is 13.1 Å². The van der Waals surface area contributed by atoms with Gasteiger partial charge in [-0.05, 0) is 38.5 Å². The van der Waals surface area contributed by atoms with Crippen molar-refractivity contribution in [2.45, 2.75) is 63.5 Å². The van der Waals surface area contributed by atoms with E-state index in [-0.39, 0.29) is 23.2 Å². The molecule has 1 aromatic rings. The number of nitrogens with one attached hydrogen (secondary N) is 1. The zero-order valence-corrected chi connectivity index (χ0v) is 13.8. The van der Waals surface area contributed by atoms with Gasteiger partial charge in [0.15, 0.2) is 0 Å². The Morgan fingerprint density at radius 2 is 1.95 bits per heavy atom. The SMILES string of the molecule is CCC1CCC(N(C)S(=O)(=O)c2c(CO)n[nH]c2C)CC1. The summed E-state index contributed by atoms with van der Waals surface area (Å²) < 4.78 is 27.1. The van der Waals surface area contributed by atoms with E-state index in [4.69, 9.17) is 0 Å². The van der Waals surface area contributed by atoms with Gasteiger partial charge in [-0.25, -0.2) is 8.42 Å². The third kappa shape index (κ3) is 3.14. The van der Waals surface area contributed by atoms with Crippen molar-refractivity contribution in [2.24, 2.45) is 5.92 Å². The monoisotopic (exact) mass is 315 g/mol. The lowest BCUT2D eigenvalue weighted by molar-refractivity contribution is 0.232. The first-order valence-electron chi connectivity index (χ1n) is 7.54. The summed E-state index contributed by atoms with van der Waals surface area (Å²) in [6, 6.07) is 0.0404. The highest BCUT2D eigenvalue weighted by Crippen LogP contribution is 2.32. The van der Waals surface area contributed by atoms with Gasteiger partial charge in [-0.3, -0.25) is 5.10 Å². The van der Waals surface area contributed by atoms with Gasteiger partial charge in [0.1, 0.15) is 10.6 Å². The number of aliphatic hydroxyl groups excluding tert-OH is 1. The molecule has 21 heavy (non-hydrogen) atoms. The van der Waals surface area contributed by atoms with E-state index < -0.39 is 10.0 Å². The molecule has 0 radical (unpaired) electrons. The minimum Gasteiger partial charge on any atom is -0.390 e. The van der Waals surface area contributed by atoms with Gasteiger partial charge in [-0.2, -0.15) is 9.40 Å². The molecule has 1 saturated carbocycles. The summed E-state index contributed by atoms with van der Waals surface area (Å²) in [5, 5.41) is 15.8. The number of rotatable bonds is 5. The van der Waals surface area contributed by atoms with Crippen molar-refractivity contribution in [3.05, 3.63) is 11.4 Å². The number of hydrogen-bond acceptors (Lipinski definition) is 4. The molecule has 6 nitrogen and oxygen atoms in total. The number of H-pyrrole nitrogens is 1. The van der Waals surface area contributed by atoms with Crippen LogP contribution in [0.3, 0.4) is 0 Å². The van der Waals surface area contributed by atoms with Crippen LogP contribution in [0.25, 0.3) is 0 Å². The Kier molecular flexibility index (Phi) is 5.06. The summed E-state index contributed by atoms with van der Waals surface area (Å²) in [5.41, 5.74) is 0.676. The molecule has 0 saturated heterocycles. The smallest absolute Gasteiger partial charge is 0.246 e. The van der Waals surface area contributed by atoms with Crippen LogP contribution in [-0.4, -0.2) is 41.1 Å². The molecule has 1 heterocycles. The summed E-state index contributed by atoms with van der Waals surface area (Å²) in [6.45, 7) is 3.48. The third-order valence-corrected chi connectivity index (χ3v) is 6.77. The van der Waals surface area contributed by atoms with Gasteiger partial charge >= 0.3 is 0 Å². The van der Waals surface area contributed by atoms with E-state index in [1.54, 1.807) is 14.0 Å². The predicted molar refractivity (Wildman–Crippen MR) is 80.2 cm³/mol. The van der Waals surface area contributed by atoms with Crippen molar-refractivity contribution in [1.29, 1.82) is 0 Å². The van der Waals surface area contributed by atoms with Gasteiger partial charge in [-0.1, -0.05) is 13.3 Å². The molecule has 0 bridgehead atoms. The average molecular weight is 315 g/mol. The van der Waals surface area contributed by atoms with Crippen molar-refractivity contribution < 1.29 is 13.5 Å². The van der Waals surface area contributed by atoms with Crippen LogP contribution in [0.2, 0.25) is 0 Å². The molecule has 1 fully saturated rings. The van der Waals surface area contributed by atoms with Crippen molar-refractivity contribution in [3.8, 4) is 0 Å². The largest absolute Gasteiger partial charge is 0.390 e. The topological polar surface area (TPSA) is 86.3 Å². The lowest BCUT2D eigenvalue weighted by atomic mass is 9.85. The Balaban J connectivity index is 2.21. The lowest BCUT2D eigenvalue weighted by Crippen LogP contribution is -2.39. The van der Waals surface area contributed by atoms with E-state index in [0.29, 0.717) is 5.69 Å². The maximum absolute atomic E-state index is 12.8. The fraction of sp³-hybridized carbons (Fsp3) is 0.786. The number of aromatic nitrogens is 2. The molecule has 0 atom stereocenters. The molecule has 1 aromatic heterocycles. The number of hydrogen-bond donors (Lipinski definition) is 2. The number of aryl methyl sites for hydroxylation is 1. The van der Waals surface area contributed by atoms with Crippen molar-refractivity contribution >= 4 is 10.0 Å². The lowest BCUT2D eigenvalue weighted by Gasteiger charge is -2.33. The molecule has 0 spiro atoms. The quantitative estimate of drug-likeness (QED) is 0.867. The van der Waals surface area contributed by atoms with Gasteiger partial charge in [0.25, 0.3) is 0 Å². The minimum atomic E-state index is -3.61. The zero-order chi connectivity index (χ0) is 15.6. The molecular formula is C14H25N3O3S. The molecule has 2 N–H and O–H groups in total. The van der Waals surface area contributed by atoms with Crippen molar-refractivity contribution in [3.63, 3.8) is 0 Å². The molecule has 0 unspecified atom stereocenters. The number of aliphatic hydroxyl groups is 1. The van der Waals surface area contributed by atoms with Crippen LogP contribution in [0, 0.1) is 12.8 Å². The van der Waals surface area contributed by atoms with E-state index in [1.165, 1.54) is 10.7 Å². The highest BCUT2D eigenvalue weighted by molar-refractivity contribution is 7.89. The fourth-order valence-electron chi connectivity index (χ4n) is 3.18. The fourth-order valence-corrected chi connectivity index (χ4v) is 4.91. The van der Waals surface area contributed by atoms with Crippen LogP contribution in [0.1, 0.15) is 50.4 Å². The van der Waals surface area contributed by atoms with Gasteiger partial charge in [-0.15, -0.1) is 0 Å². The Hall–Kier alpha value is -0.920. The maximum Gasteiger partial charge on any atom is 0.246 e. The van der Waals surface area contributed by atoms with Gasteiger partial charge in [0.05, 0.1) is 12.3 Å². The maximum atomic E-state index is 12.8. The van der Waals surface area contributed by atoms with E-state index in [1.807, 2.05) is 0 Å². The second-order valence-corrected chi connectivity index (χ2v) is 7.82. The summed E-state index contributed by atoms with van der Waals surface area (Å²) in [4.78, 5) is 0.130. The highest BCUT2D eigenvalue weighted by Gasteiger charge is 2.34. The Bertz CT molecular complexity index is 574.